The van der Waals surface area contributed by atoms with Crippen LogP contribution in [0.4, 0.5) is 0 Å². The number of aromatic hydroxyl groups is 1. The van der Waals surface area contributed by atoms with Gasteiger partial charge >= 0.3 is 0 Å². The zero-order chi connectivity index (χ0) is 12.3. The summed E-state index contributed by atoms with van der Waals surface area (Å²) in [5.74, 6) is 0.614. The van der Waals surface area contributed by atoms with Gasteiger partial charge in [0.15, 0.2) is 0 Å². The van der Waals surface area contributed by atoms with Crippen LogP contribution in [0, 0.1) is 0 Å². The fraction of sp³-hybridized carbons (Fsp3) is 0.300. The molecule has 0 fully saturated rings. The summed E-state index contributed by atoms with van der Waals surface area (Å²) in [7, 11) is 3.75. The molecule has 2 nitrogen and oxygen atoms in total. The van der Waals surface area contributed by atoms with Gasteiger partial charge in [-0.3, -0.25) is 0 Å². The van der Waals surface area contributed by atoms with Gasteiger partial charge < -0.3 is 10.0 Å². The van der Waals surface area contributed by atoms with Crippen molar-refractivity contribution in [3.05, 3.63) is 27.7 Å². The van der Waals surface area contributed by atoms with E-state index >= 15 is 0 Å². The van der Waals surface area contributed by atoms with Crippen molar-refractivity contribution in [3.63, 3.8) is 0 Å². The number of thioether (sulfide) groups is 1. The van der Waals surface area contributed by atoms with E-state index in [1.165, 1.54) is 17.8 Å². The average Bonchev–Trinajstić information content (AvgIpc) is 2.20. The molecule has 0 amide bonds. The van der Waals surface area contributed by atoms with Crippen LogP contribution in [0.25, 0.3) is 0 Å². The summed E-state index contributed by atoms with van der Waals surface area (Å²) in [5.41, 5.74) is 0.687. The second kappa shape index (κ2) is 5.96. The monoisotopic (exact) mass is 295 g/mol. The Bertz CT molecular complexity index is 410. The van der Waals surface area contributed by atoms with Crippen molar-refractivity contribution in [1.29, 1.82) is 0 Å². The highest BCUT2D eigenvalue weighted by molar-refractivity contribution is 8.22. The number of hydrogen-bond donors (Lipinski definition) is 1. The Hall–Kier alpha value is -0.160. The molecule has 88 valence electrons. The minimum atomic E-state index is 0.0696. The molecular weight excluding hydrogens is 285 g/mol. The molecule has 0 radical (unpaired) electrons. The number of benzene rings is 1. The van der Waals surface area contributed by atoms with Crippen molar-refractivity contribution < 1.29 is 5.11 Å². The summed E-state index contributed by atoms with van der Waals surface area (Å²) in [5, 5.41) is 10.5. The Morgan fingerprint density at radius 3 is 2.62 bits per heavy atom. The molecule has 0 aliphatic rings. The van der Waals surface area contributed by atoms with E-state index in [1.54, 1.807) is 6.07 Å². The molecule has 16 heavy (non-hydrogen) atoms. The summed E-state index contributed by atoms with van der Waals surface area (Å²) in [4.78, 5) is 1.84. The molecule has 0 spiro atoms. The third-order valence-electron chi connectivity index (χ3n) is 1.82. The molecule has 0 aliphatic carbocycles. The second-order valence-corrected chi connectivity index (χ2v) is 5.80. The number of thiocarbonyl (C=S) groups is 1. The van der Waals surface area contributed by atoms with Crippen LogP contribution in [-0.4, -0.2) is 28.4 Å². The molecular formula is C10H11Cl2NOS2. The fourth-order valence-electron chi connectivity index (χ4n) is 0.998. The van der Waals surface area contributed by atoms with Crippen LogP contribution in [0.3, 0.4) is 0 Å². The van der Waals surface area contributed by atoms with Crippen molar-refractivity contribution >= 4 is 51.5 Å². The van der Waals surface area contributed by atoms with E-state index in [-0.39, 0.29) is 10.8 Å². The lowest BCUT2D eigenvalue weighted by Crippen LogP contribution is -2.16. The number of rotatable bonds is 2. The summed E-state index contributed by atoms with van der Waals surface area (Å²) >= 11 is 18.2. The van der Waals surface area contributed by atoms with Crippen molar-refractivity contribution in [2.75, 3.05) is 14.1 Å². The van der Waals surface area contributed by atoms with E-state index in [0.29, 0.717) is 16.3 Å². The zero-order valence-electron chi connectivity index (χ0n) is 8.83. The first-order chi connectivity index (χ1) is 7.41. The van der Waals surface area contributed by atoms with Gasteiger partial charge in [0.25, 0.3) is 0 Å². The van der Waals surface area contributed by atoms with Crippen LogP contribution in [-0.2, 0) is 5.75 Å². The van der Waals surface area contributed by atoms with E-state index in [9.17, 15) is 5.11 Å². The predicted molar refractivity (Wildman–Crippen MR) is 75.7 cm³/mol. The Balaban J connectivity index is 2.78. The average molecular weight is 296 g/mol. The maximum Gasteiger partial charge on any atom is 0.138 e. The van der Waals surface area contributed by atoms with Crippen LogP contribution in [0.2, 0.25) is 10.0 Å². The second-order valence-electron chi connectivity index (χ2n) is 3.34. The molecule has 0 saturated heterocycles. The Kier molecular flexibility index (Phi) is 5.18. The zero-order valence-corrected chi connectivity index (χ0v) is 12.0. The number of hydrogen-bond acceptors (Lipinski definition) is 3. The summed E-state index contributed by atoms with van der Waals surface area (Å²) in [6.07, 6.45) is 0. The number of phenolic OH excluding ortho intramolecular Hbond substituents is 1. The molecule has 6 heteroatoms. The van der Waals surface area contributed by atoms with Crippen LogP contribution in [0.5, 0.6) is 5.75 Å². The Morgan fingerprint density at radius 1 is 1.44 bits per heavy atom. The predicted octanol–water partition coefficient (Wildman–Crippen LogP) is 3.78. The molecule has 0 unspecified atom stereocenters. The first-order valence-electron chi connectivity index (χ1n) is 4.42. The molecule has 0 heterocycles. The lowest BCUT2D eigenvalue weighted by Gasteiger charge is -2.13. The van der Waals surface area contributed by atoms with Gasteiger partial charge in [0, 0.05) is 30.4 Å². The highest BCUT2D eigenvalue weighted by Gasteiger charge is 2.09. The Labute approximate surface area is 115 Å². The first-order valence-corrected chi connectivity index (χ1v) is 6.57. The smallest absolute Gasteiger partial charge is 0.138 e. The van der Waals surface area contributed by atoms with Crippen molar-refractivity contribution in [3.8, 4) is 5.75 Å². The largest absolute Gasteiger partial charge is 0.506 e. The van der Waals surface area contributed by atoms with Gasteiger partial charge in [-0.15, -0.1) is 0 Å². The van der Waals surface area contributed by atoms with Gasteiger partial charge in [-0.1, -0.05) is 47.2 Å². The summed E-state index contributed by atoms with van der Waals surface area (Å²) in [6, 6.07) is 3.20. The van der Waals surface area contributed by atoms with Gasteiger partial charge in [-0.2, -0.15) is 0 Å². The van der Waals surface area contributed by atoms with Crippen molar-refractivity contribution in [2.24, 2.45) is 0 Å². The summed E-state index contributed by atoms with van der Waals surface area (Å²) in [6.45, 7) is 0. The van der Waals surface area contributed by atoms with E-state index in [1.807, 2.05) is 19.0 Å². The molecule has 0 aromatic heterocycles. The molecule has 1 aromatic carbocycles. The van der Waals surface area contributed by atoms with Crippen LogP contribution in [0.15, 0.2) is 12.1 Å². The minimum absolute atomic E-state index is 0.0696. The van der Waals surface area contributed by atoms with Crippen molar-refractivity contribution in [1.82, 2.24) is 4.90 Å². The number of halogens is 2. The quantitative estimate of drug-likeness (QED) is 0.839. The highest BCUT2D eigenvalue weighted by atomic mass is 35.5. The SMILES string of the molecule is CN(C)C(=S)SCc1cc(Cl)cc(Cl)c1O. The molecule has 0 aliphatic heterocycles. The highest BCUT2D eigenvalue weighted by Crippen LogP contribution is 2.33. The van der Waals surface area contributed by atoms with Crippen LogP contribution < -0.4 is 0 Å². The number of nitrogens with zero attached hydrogens (tertiary/aromatic N) is 1. The van der Waals surface area contributed by atoms with E-state index in [2.05, 4.69) is 0 Å². The molecule has 0 atom stereocenters. The first kappa shape index (κ1) is 13.9. The number of phenols is 1. The van der Waals surface area contributed by atoms with Gasteiger partial charge in [0.1, 0.15) is 10.1 Å². The van der Waals surface area contributed by atoms with E-state index < -0.39 is 0 Å². The Morgan fingerprint density at radius 2 is 2.06 bits per heavy atom. The van der Waals surface area contributed by atoms with Gasteiger partial charge in [0.2, 0.25) is 0 Å². The van der Waals surface area contributed by atoms with Crippen LogP contribution >= 0.6 is 47.2 Å². The molecule has 1 rings (SSSR count). The molecule has 0 saturated carbocycles. The topological polar surface area (TPSA) is 23.5 Å². The van der Waals surface area contributed by atoms with Gasteiger partial charge in [0.05, 0.1) is 5.02 Å². The van der Waals surface area contributed by atoms with Gasteiger partial charge in [-0.05, 0) is 12.1 Å². The molecule has 0 bridgehead atoms. The third-order valence-corrected chi connectivity index (χ3v) is 4.12. The van der Waals surface area contributed by atoms with Crippen molar-refractivity contribution in [2.45, 2.75) is 5.75 Å². The lowest BCUT2D eigenvalue weighted by molar-refractivity contribution is 0.471. The minimum Gasteiger partial charge on any atom is -0.506 e. The van der Waals surface area contributed by atoms with E-state index in [0.717, 1.165) is 4.32 Å². The normalized spacial score (nSPS) is 10.2. The van der Waals surface area contributed by atoms with Gasteiger partial charge in [-0.25, -0.2) is 0 Å². The lowest BCUT2D eigenvalue weighted by atomic mass is 10.2. The van der Waals surface area contributed by atoms with Crippen LogP contribution in [0.1, 0.15) is 5.56 Å². The molecule has 1 N–H and O–H groups in total. The molecule has 1 aromatic rings. The standard InChI is InChI=1S/C10H11Cl2NOS2/c1-13(2)10(15)16-5-6-3-7(11)4-8(12)9(6)14/h3-4,14H,5H2,1-2H3. The summed E-state index contributed by atoms with van der Waals surface area (Å²) < 4.78 is 0.746. The fourth-order valence-corrected chi connectivity index (χ4v) is 2.47. The maximum atomic E-state index is 9.71. The maximum absolute atomic E-state index is 9.71. The van der Waals surface area contributed by atoms with E-state index in [4.69, 9.17) is 35.4 Å². The third kappa shape index (κ3) is 3.70.